The Kier molecular flexibility index (Phi) is 5.14. The summed E-state index contributed by atoms with van der Waals surface area (Å²) in [6.45, 7) is 4.42. The lowest BCUT2D eigenvalue weighted by Crippen LogP contribution is -2.59. The number of hydrogen-bond acceptors (Lipinski definition) is 2. The maximum Gasteiger partial charge on any atom is 0.250 e. The molecule has 0 radical (unpaired) electrons. The molecule has 0 aromatic heterocycles. The van der Waals surface area contributed by atoms with Gasteiger partial charge in [0.1, 0.15) is 12.1 Å². The molecule has 2 amide bonds. The van der Waals surface area contributed by atoms with E-state index < -0.39 is 6.04 Å². The summed E-state index contributed by atoms with van der Waals surface area (Å²) >= 11 is 0. The maximum atomic E-state index is 12.7. The Morgan fingerprint density at radius 3 is 2.57 bits per heavy atom. The first-order chi connectivity index (χ1) is 10.2. The van der Waals surface area contributed by atoms with Crippen molar-refractivity contribution in [2.75, 3.05) is 6.54 Å². The van der Waals surface area contributed by atoms with E-state index in [2.05, 4.69) is 5.32 Å². The molecule has 0 spiro atoms. The monoisotopic (exact) mass is 286 g/mol. The molecule has 4 heteroatoms. The van der Waals surface area contributed by atoms with Crippen molar-refractivity contribution in [3.8, 4) is 0 Å². The molecule has 0 aliphatic carbocycles. The fraction of sp³-hybridized carbons (Fsp3) is 0.412. The fourth-order valence-electron chi connectivity index (χ4n) is 2.63. The molecule has 112 valence electrons. The topological polar surface area (TPSA) is 49.4 Å². The normalized spacial score (nSPS) is 22.7. The van der Waals surface area contributed by atoms with Crippen LogP contribution < -0.4 is 5.32 Å². The van der Waals surface area contributed by atoms with E-state index in [9.17, 15) is 9.59 Å². The van der Waals surface area contributed by atoms with Crippen LogP contribution in [0.3, 0.4) is 0 Å². The second kappa shape index (κ2) is 7.07. The number of carbonyl (C=O) groups excluding carboxylic acids is 2. The molecule has 2 rings (SSSR count). The molecule has 1 aliphatic rings. The number of allylic oxidation sites excluding steroid dienone is 1. The van der Waals surface area contributed by atoms with Crippen LogP contribution in [0.25, 0.3) is 0 Å². The van der Waals surface area contributed by atoms with Crippen LogP contribution in [0.2, 0.25) is 0 Å². The van der Waals surface area contributed by atoms with Gasteiger partial charge in [0.15, 0.2) is 0 Å². The van der Waals surface area contributed by atoms with E-state index in [1.54, 1.807) is 4.90 Å². The Labute approximate surface area is 125 Å². The largest absolute Gasteiger partial charge is 0.339 e. The van der Waals surface area contributed by atoms with Crippen LogP contribution in [-0.2, 0) is 9.59 Å². The van der Waals surface area contributed by atoms with Crippen molar-refractivity contribution in [1.29, 1.82) is 0 Å². The second-order valence-corrected chi connectivity index (χ2v) is 5.22. The summed E-state index contributed by atoms with van der Waals surface area (Å²) in [6, 6.07) is 8.46. The minimum Gasteiger partial charge on any atom is -0.339 e. The van der Waals surface area contributed by atoms with Crippen LogP contribution in [-0.4, -0.2) is 29.3 Å². The summed E-state index contributed by atoms with van der Waals surface area (Å²) < 4.78 is 0. The molecule has 2 atom stereocenters. The molecule has 4 nitrogen and oxygen atoms in total. The van der Waals surface area contributed by atoms with Crippen molar-refractivity contribution < 1.29 is 9.59 Å². The number of nitrogens with one attached hydrogen (secondary N) is 1. The molecule has 1 saturated heterocycles. The second-order valence-electron chi connectivity index (χ2n) is 5.22. The molecule has 2 unspecified atom stereocenters. The predicted octanol–water partition coefficient (Wildman–Crippen LogP) is 2.43. The highest BCUT2D eigenvalue weighted by molar-refractivity contribution is 5.97. The van der Waals surface area contributed by atoms with Gasteiger partial charge in [-0.2, -0.15) is 0 Å². The Bertz CT molecular complexity index is 525. The van der Waals surface area contributed by atoms with E-state index in [0.717, 1.165) is 12.0 Å². The zero-order valence-corrected chi connectivity index (χ0v) is 12.6. The highest BCUT2D eigenvalue weighted by Crippen LogP contribution is 2.24. The Morgan fingerprint density at radius 2 is 1.95 bits per heavy atom. The molecular formula is C17H22N2O2. The summed E-state index contributed by atoms with van der Waals surface area (Å²) in [5.41, 5.74) is 0.830. The van der Waals surface area contributed by atoms with E-state index >= 15 is 0 Å². The minimum atomic E-state index is -0.572. The molecule has 1 aliphatic heterocycles. The van der Waals surface area contributed by atoms with E-state index in [-0.39, 0.29) is 17.9 Å². The third-order valence-corrected chi connectivity index (χ3v) is 3.73. The zero-order chi connectivity index (χ0) is 15.2. The zero-order valence-electron chi connectivity index (χ0n) is 12.6. The van der Waals surface area contributed by atoms with Crippen molar-refractivity contribution in [3.05, 3.63) is 48.0 Å². The number of rotatable bonds is 5. The van der Waals surface area contributed by atoms with Gasteiger partial charge in [0, 0.05) is 6.54 Å². The third-order valence-electron chi connectivity index (χ3n) is 3.73. The number of piperazine rings is 1. The van der Waals surface area contributed by atoms with Crippen molar-refractivity contribution in [2.24, 2.45) is 0 Å². The number of amides is 2. The van der Waals surface area contributed by atoms with Crippen LogP contribution in [0, 0.1) is 0 Å². The van der Waals surface area contributed by atoms with Gasteiger partial charge in [-0.05, 0) is 18.9 Å². The molecule has 1 heterocycles. The van der Waals surface area contributed by atoms with Crippen molar-refractivity contribution in [3.63, 3.8) is 0 Å². The smallest absolute Gasteiger partial charge is 0.250 e. The standard InChI is InChI=1S/C17H22N2O2/c1-3-5-12-19-14(9-4-2)16(20)18-15(17(19)21)13-10-7-6-8-11-13/h3,5-8,10-11,14-15H,4,9,12H2,1-2H3,(H,18,20)/b5-3+. The number of benzene rings is 1. The molecular weight excluding hydrogens is 264 g/mol. The summed E-state index contributed by atoms with van der Waals surface area (Å²) in [4.78, 5) is 26.8. The summed E-state index contributed by atoms with van der Waals surface area (Å²) in [7, 11) is 0. The summed E-state index contributed by atoms with van der Waals surface area (Å²) in [5, 5.41) is 2.87. The quantitative estimate of drug-likeness (QED) is 0.845. The highest BCUT2D eigenvalue weighted by atomic mass is 16.2. The van der Waals surface area contributed by atoms with Gasteiger partial charge in [0.05, 0.1) is 0 Å². The van der Waals surface area contributed by atoms with Gasteiger partial charge in [-0.1, -0.05) is 55.8 Å². The van der Waals surface area contributed by atoms with Crippen LogP contribution in [0.15, 0.2) is 42.5 Å². The van der Waals surface area contributed by atoms with Crippen molar-refractivity contribution in [1.82, 2.24) is 10.2 Å². The number of nitrogens with zero attached hydrogens (tertiary/aromatic N) is 1. The van der Waals surface area contributed by atoms with Gasteiger partial charge < -0.3 is 10.2 Å². The lowest BCUT2D eigenvalue weighted by molar-refractivity contribution is -0.149. The number of hydrogen-bond donors (Lipinski definition) is 1. The molecule has 0 bridgehead atoms. The van der Waals surface area contributed by atoms with Crippen LogP contribution in [0.4, 0.5) is 0 Å². The fourth-order valence-corrected chi connectivity index (χ4v) is 2.63. The van der Waals surface area contributed by atoms with Crippen LogP contribution in [0.5, 0.6) is 0 Å². The molecule has 1 fully saturated rings. The predicted molar refractivity (Wildman–Crippen MR) is 82.5 cm³/mol. The maximum absolute atomic E-state index is 12.7. The van der Waals surface area contributed by atoms with Gasteiger partial charge >= 0.3 is 0 Å². The van der Waals surface area contributed by atoms with E-state index in [1.165, 1.54) is 0 Å². The van der Waals surface area contributed by atoms with Crippen molar-refractivity contribution >= 4 is 11.8 Å². The van der Waals surface area contributed by atoms with E-state index in [1.807, 2.05) is 56.3 Å². The average Bonchev–Trinajstić information content (AvgIpc) is 2.51. The molecule has 1 aromatic carbocycles. The van der Waals surface area contributed by atoms with Gasteiger partial charge in [-0.25, -0.2) is 0 Å². The summed E-state index contributed by atoms with van der Waals surface area (Å²) in [6.07, 6.45) is 5.38. The summed E-state index contributed by atoms with van der Waals surface area (Å²) in [5.74, 6) is -0.0906. The minimum absolute atomic E-state index is 0.0302. The van der Waals surface area contributed by atoms with E-state index in [0.29, 0.717) is 13.0 Å². The number of carbonyl (C=O) groups is 2. The van der Waals surface area contributed by atoms with Gasteiger partial charge in [0.25, 0.3) is 5.91 Å². The first-order valence-electron chi connectivity index (χ1n) is 7.46. The van der Waals surface area contributed by atoms with Gasteiger partial charge in [0.2, 0.25) is 5.91 Å². The Hall–Kier alpha value is -2.10. The first-order valence-corrected chi connectivity index (χ1v) is 7.46. The van der Waals surface area contributed by atoms with Gasteiger partial charge in [-0.3, -0.25) is 9.59 Å². The molecule has 1 aromatic rings. The van der Waals surface area contributed by atoms with Crippen LogP contribution in [0.1, 0.15) is 38.3 Å². The lowest BCUT2D eigenvalue weighted by Gasteiger charge is -2.38. The first kappa shape index (κ1) is 15.3. The molecule has 1 N–H and O–H groups in total. The lowest BCUT2D eigenvalue weighted by atomic mass is 9.98. The molecule has 0 saturated carbocycles. The highest BCUT2D eigenvalue weighted by Gasteiger charge is 2.39. The SMILES string of the molecule is C/C=C/CN1C(=O)C(c2ccccc2)NC(=O)C1CCC. The Morgan fingerprint density at radius 1 is 1.24 bits per heavy atom. The van der Waals surface area contributed by atoms with E-state index in [4.69, 9.17) is 0 Å². The van der Waals surface area contributed by atoms with Crippen LogP contribution >= 0.6 is 0 Å². The Balaban J connectivity index is 2.28. The molecule has 21 heavy (non-hydrogen) atoms. The third kappa shape index (κ3) is 3.32. The van der Waals surface area contributed by atoms with Gasteiger partial charge in [-0.15, -0.1) is 0 Å². The average molecular weight is 286 g/mol. The van der Waals surface area contributed by atoms with Crippen molar-refractivity contribution in [2.45, 2.75) is 38.8 Å².